The van der Waals surface area contributed by atoms with Crippen molar-refractivity contribution < 1.29 is 0 Å². The van der Waals surface area contributed by atoms with Gasteiger partial charge in [0.2, 0.25) is 0 Å². The summed E-state index contributed by atoms with van der Waals surface area (Å²) in [5.41, 5.74) is 15.1. The fraction of sp³-hybridized carbons (Fsp3) is 0. The molecule has 0 atom stereocenters. The summed E-state index contributed by atoms with van der Waals surface area (Å²) in [6, 6.07) is 62.1. The second kappa shape index (κ2) is 13.5. The first kappa shape index (κ1) is 32.2. The van der Waals surface area contributed by atoms with Crippen molar-refractivity contribution in [1.29, 1.82) is 0 Å². The highest BCUT2D eigenvalue weighted by atomic mass is 15.2. The Morgan fingerprint density at radius 1 is 0.509 bits per heavy atom. The summed E-state index contributed by atoms with van der Waals surface area (Å²) in [6.07, 6.45) is 8.57. The Balaban J connectivity index is 1.13. The molecule has 1 aliphatic rings. The molecule has 0 saturated carbocycles. The molecule has 4 heteroatoms. The largest absolute Gasteiger partial charge is 0.347 e. The van der Waals surface area contributed by atoms with E-state index in [9.17, 15) is 0 Å². The maximum atomic E-state index is 5.13. The minimum atomic E-state index is 0.948. The zero-order valence-electron chi connectivity index (χ0n) is 30.1. The second-order valence-corrected chi connectivity index (χ2v) is 13.8. The third-order valence-electron chi connectivity index (χ3n) is 10.5. The van der Waals surface area contributed by atoms with Crippen molar-refractivity contribution in [2.45, 2.75) is 0 Å². The normalized spacial score (nSPS) is 14.3. The van der Waals surface area contributed by atoms with Gasteiger partial charge in [0, 0.05) is 51.2 Å². The fourth-order valence-corrected chi connectivity index (χ4v) is 7.91. The first-order valence-corrected chi connectivity index (χ1v) is 18.6. The predicted octanol–water partition coefficient (Wildman–Crippen LogP) is 13.3. The molecule has 1 N–H and O–H groups in total. The van der Waals surface area contributed by atoms with Crippen LogP contribution in [0.4, 0.5) is 11.5 Å². The number of aromatic nitrogens is 3. The number of benzene rings is 6. The van der Waals surface area contributed by atoms with Crippen LogP contribution in [0.1, 0.15) is 11.1 Å². The molecule has 0 spiro atoms. The molecule has 0 radical (unpaired) electrons. The number of para-hydroxylation sites is 2. The number of nitrogens with zero attached hydrogens (tertiary/aromatic N) is 3. The number of fused-ring (bicyclic) bond motifs is 4. The number of hydrogen-bond donors (Lipinski definition) is 1. The van der Waals surface area contributed by atoms with E-state index in [4.69, 9.17) is 4.98 Å². The number of rotatable bonds is 6. The Kier molecular flexibility index (Phi) is 7.93. The lowest BCUT2D eigenvalue weighted by Crippen LogP contribution is -2.11. The summed E-state index contributed by atoms with van der Waals surface area (Å²) in [5, 5.41) is 2.40. The van der Waals surface area contributed by atoms with Crippen LogP contribution in [0, 0.1) is 0 Å². The molecule has 10 rings (SSSR count). The van der Waals surface area contributed by atoms with Gasteiger partial charge in [-0.2, -0.15) is 0 Å². The minimum absolute atomic E-state index is 0.948. The van der Waals surface area contributed by atoms with E-state index in [1.165, 1.54) is 10.8 Å². The van der Waals surface area contributed by atoms with Crippen LogP contribution in [0.2, 0.25) is 0 Å². The Labute approximate surface area is 320 Å². The topological polar surface area (TPSA) is 36.9 Å². The quantitative estimate of drug-likeness (QED) is 0.187. The second-order valence-electron chi connectivity index (χ2n) is 13.8. The van der Waals surface area contributed by atoms with Crippen molar-refractivity contribution in [2.75, 3.05) is 4.90 Å². The number of pyridine rings is 1. The highest BCUT2D eigenvalue weighted by Gasteiger charge is 2.21. The van der Waals surface area contributed by atoms with E-state index >= 15 is 0 Å². The van der Waals surface area contributed by atoms with Crippen molar-refractivity contribution >= 4 is 44.5 Å². The molecule has 9 aromatic rings. The van der Waals surface area contributed by atoms with Crippen LogP contribution in [-0.2, 0) is 0 Å². The Hall–Kier alpha value is -7.43. The van der Waals surface area contributed by atoms with E-state index in [0.29, 0.717) is 0 Å². The number of nitrogens with one attached hydrogen (secondary N) is 1. The number of H-pyrrole nitrogens is 1. The van der Waals surface area contributed by atoms with E-state index in [2.05, 4.69) is 197 Å². The standard InChI is InChI=1S/C51H36N4/c1-35-31-39(28-30-54(41-20-9-4-10-21-41)51-43(35)27-29-52-51)44-24-14-26-49-50(44)45-23-11-12-25-48(45)55(49)42-22-13-19-38(32-42)40-33-46(36-15-5-2-6-16-36)53-47(34-40)37-17-7-3-8-18-37/h2-34,52H,1H2/b30-28-,39-31+. The van der Waals surface area contributed by atoms with Gasteiger partial charge in [0.25, 0.3) is 0 Å². The van der Waals surface area contributed by atoms with Gasteiger partial charge in [-0.15, -0.1) is 0 Å². The van der Waals surface area contributed by atoms with Gasteiger partial charge < -0.3 is 14.5 Å². The van der Waals surface area contributed by atoms with Gasteiger partial charge in [-0.25, -0.2) is 4.98 Å². The molecule has 3 aromatic heterocycles. The summed E-state index contributed by atoms with van der Waals surface area (Å²) in [7, 11) is 0. The van der Waals surface area contributed by atoms with Gasteiger partial charge in [-0.1, -0.05) is 128 Å². The van der Waals surface area contributed by atoms with Crippen molar-refractivity contribution in [2.24, 2.45) is 0 Å². The van der Waals surface area contributed by atoms with E-state index < -0.39 is 0 Å². The molecule has 0 fully saturated rings. The number of aromatic amines is 1. The Morgan fingerprint density at radius 2 is 1.13 bits per heavy atom. The fourth-order valence-electron chi connectivity index (χ4n) is 7.91. The summed E-state index contributed by atoms with van der Waals surface area (Å²) < 4.78 is 2.40. The van der Waals surface area contributed by atoms with Crippen molar-refractivity contribution in [1.82, 2.24) is 14.5 Å². The lowest BCUT2D eigenvalue weighted by atomic mass is 9.95. The van der Waals surface area contributed by atoms with Crippen LogP contribution in [0.25, 0.3) is 72.3 Å². The number of allylic oxidation sites excluding steroid dienone is 4. The maximum Gasteiger partial charge on any atom is 0.122 e. The first-order chi connectivity index (χ1) is 27.2. The zero-order valence-corrected chi connectivity index (χ0v) is 30.1. The third-order valence-corrected chi connectivity index (χ3v) is 10.5. The van der Waals surface area contributed by atoms with Crippen molar-refractivity contribution in [3.8, 4) is 39.3 Å². The zero-order chi connectivity index (χ0) is 36.7. The number of anilines is 2. The number of hydrogen-bond acceptors (Lipinski definition) is 2. The molecule has 0 unspecified atom stereocenters. The van der Waals surface area contributed by atoms with E-state index in [0.717, 1.165) is 84.1 Å². The van der Waals surface area contributed by atoms with Crippen LogP contribution >= 0.6 is 0 Å². The summed E-state index contributed by atoms with van der Waals surface area (Å²) in [4.78, 5) is 10.8. The molecule has 0 amide bonds. The van der Waals surface area contributed by atoms with Crippen LogP contribution in [-0.4, -0.2) is 14.5 Å². The van der Waals surface area contributed by atoms with Gasteiger partial charge in [-0.3, -0.25) is 0 Å². The smallest absolute Gasteiger partial charge is 0.122 e. The summed E-state index contributed by atoms with van der Waals surface area (Å²) in [5.74, 6) is 0.999. The monoisotopic (exact) mass is 704 g/mol. The summed E-state index contributed by atoms with van der Waals surface area (Å²) >= 11 is 0. The van der Waals surface area contributed by atoms with Gasteiger partial charge in [0.1, 0.15) is 5.82 Å². The maximum absolute atomic E-state index is 5.13. The molecule has 1 aliphatic heterocycles. The molecule has 260 valence electrons. The Morgan fingerprint density at radius 3 is 1.87 bits per heavy atom. The first-order valence-electron chi connectivity index (χ1n) is 18.6. The Bertz CT molecular complexity index is 2870. The lowest BCUT2D eigenvalue weighted by Gasteiger charge is -2.23. The molecule has 4 nitrogen and oxygen atoms in total. The molecular weight excluding hydrogens is 669 g/mol. The molecular formula is C51H36N4. The highest BCUT2D eigenvalue weighted by Crippen LogP contribution is 2.41. The van der Waals surface area contributed by atoms with Gasteiger partial charge in [0.15, 0.2) is 0 Å². The van der Waals surface area contributed by atoms with Crippen LogP contribution in [0.15, 0.2) is 207 Å². The van der Waals surface area contributed by atoms with E-state index in [1.807, 2.05) is 24.4 Å². The van der Waals surface area contributed by atoms with E-state index in [1.54, 1.807) is 0 Å². The van der Waals surface area contributed by atoms with Gasteiger partial charge in [0.05, 0.1) is 22.4 Å². The van der Waals surface area contributed by atoms with Crippen molar-refractivity contribution in [3.63, 3.8) is 0 Å². The average molecular weight is 705 g/mol. The van der Waals surface area contributed by atoms with Gasteiger partial charge >= 0.3 is 0 Å². The molecule has 4 heterocycles. The average Bonchev–Trinajstić information content (AvgIpc) is 3.87. The molecule has 0 aliphatic carbocycles. The lowest BCUT2D eigenvalue weighted by molar-refractivity contribution is 1.18. The summed E-state index contributed by atoms with van der Waals surface area (Å²) in [6.45, 7) is 4.55. The molecule has 0 bridgehead atoms. The van der Waals surface area contributed by atoms with Crippen LogP contribution in [0.5, 0.6) is 0 Å². The molecule has 6 aromatic carbocycles. The predicted molar refractivity (Wildman–Crippen MR) is 230 cm³/mol. The minimum Gasteiger partial charge on any atom is -0.347 e. The van der Waals surface area contributed by atoms with Crippen LogP contribution < -0.4 is 4.90 Å². The van der Waals surface area contributed by atoms with Crippen LogP contribution in [0.3, 0.4) is 0 Å². The SMILES string of the molecule is C=C1/C=C(c2cccc3c2c2ccccc2n3-c2cccc(-c3cc(-c4ccccc4)nc(-c4ccccc4)c3)c2)\C=C/N(c2ccccc2)c2[nH]ccc21. The van der Waals surface area contributed by atoms with Crippen molar-refractivity contribution in [3.05, 3.63) is 218 Å². The molecule has 55 heavy (non-hydrogen) atoms. The third kappa shape index (κ3) is 5.77. The molecule has 0 saturated heterocycles. The van der Waals surface area contributed by atoms with E-state index in [-0.39, 0.29) is 0 Å². The van der Waals surface area contributed by atoms with Gasteiger partial charge in [-0.05, 0) is 94.6 Å². The highest BCUT2D eigenvalue weighted by molar-refractivity contribution is 6.15.